The molecule has 1 aromatic rings. The molecule has 0 bridgehead atoms. The van der Waals surface area contributed by atoms with E-state index in [-0.39, 0.29) is 18.3 Å². The molecule has 0 saturated carbocycles. The third kappa shape index (κ3) is 3.58. The maximum atomic E-state index is 6.11. The number of halogens is 1. The van der Waals surface area contributed by atoms with Crippen LogP contribution in [0.4, 0.5) is 0 Å². The second kappa shape index (κ2) is 6.11. The van der Waals surface area contributed by atoms with E-state index in [9.17, 15) is 0 Å². The minimum Gasteiger partial charge on any atom is -0.400 e. The average Bonchev–Trinajstić information content (AvgIpc) is 2.59. The second-order valence-corrected chi connectivity index (χ2v) is 7.70. The summed E-state index contributed by atoms with van der Waals surface area (Å²) in [6.07, 6.45) is 2.12. The lowest BCUT2D eigenvalue weighted by Gasteiger charge is -2.32. The van der Waals surface area contributed by atoms with Crippen LogP contribution < -0.4 is 0 Å². The minimum atomic E-state index is -0.342. The van der Waals surface area contributed by atoms with E-state index < -0.39 is 0 Å². The summed E-state index contributed by atoms with van der Waals surface area (Å²) >= 11 is 7.97. The van der Waals surface area contributed by atoms with Gasteiger partial charge in [0.1, 0.15) is 0 Å². The third-order valence-corrected chi connectivity index (χ3v) is 5.18. The Hall–Kier alpha value is -0.225. The first-order chi connectivity index (χ1) is 9.66. The molecule has 21 heavy (non-hydrogen) atoms. The van der Waals surface area contributed by atoms with Crippen molar-refractivity contribution in [1.82, 2.24) is 0 Å². The molecular weight excluding hydrogens is 347 g/mol. The summed E-state index contributed by atoms with van der Waals surface area (Å²) in [5.41, 5.74) is 2.76. The van der Waals surface area contributed by atoms with Crippen LogP contribution >= 0.6 is 28.6 Å². The SMILES string of the molecule is Cc1ccc(Br)cc1C=C(CS)B1OC(C)(C)C(C)(C)O1. The minimum absolute atomic E-state index is 0.327. The lowest BCUT2D eigenvalue weighted by atomic mass is 9.78. The number of benzene rings is 1. The fourth-order valence-corrected chi connectivity index (χ4v) is 2.77. The van der Waals surface area contributed by atoms with Crippen molar-refractivity contribution >= 4 is 41.8 Å². The maximum absolute atomic E-state index is 6.11. The van der Waals surface area contributed by atoms with Crippen molar-refractivity contribution in [2.75, 3.05) is 5.75 Å². The topological polar surface area (TPSA) is 18.5 Å². The van der Waals surface area contributed by atoms with Gasteiger partial charge in [-0.05, 0) is 63.4 Å². The van der Waals surface area contributed by atoms with Crippen LogP contribution in [0, 0.1) is 6.92 Å². The fraction of sp³-hybridized carbons (Fsp3) is 0.500. The van der Waals surface area contributed by atoms with Crippen LogP contribution in [0.2, 0.25) is 0 Å². The van der Waals surface area contributed by atoms with Gasteiger partial charge >= 0.3 is 7.12 Å². The zero-order chi connectivity index (χ0) is 15.8. The fourth-order valence-electron chi connectivity index (χ4n) is 2.15. The summed E-state index contributed by atoms with van der Waals surface area (Å²) in [5.74, 6) is 0.600. The lowest BCUT2D eigenvalue weighted by molar-refractivity contribution is 0.00578. The molecule has 1 fully saturated rings. The van der Waals surface area contributed by atoms with E-state index in [1.165, 1.54) is 5.56 Å². The largest absolute Gasteiger partial charge is 0.491 e. The highest BCUT2D eigenvalue weighted by molar-refractivity contribution is 9.10. The van der Waals surface area contributed by atoms with E-state index in [1.807, 2.05) is 6.07 Å². The van der Waals surface area contributed by atoms with Crippen LogP contribution in [0.15, 0.2) is 28.1 Å². The molecule has 0 atom stereocenters. The summed E-state index contributed by atoms with van der Waals surface area (Å²) in [5, 5.41) is 0. The molecule has 5 heteroatoms. The highest BCUT2D eigenvalue weighted by Gasteiger charge is 2.52. The molecule has 1 aliphatic rings. The smallest absolute Gasteiger partial charge is 0.400 e. The summed E-state index contributed by atoms with van der Waals surface area (Å²) < 4.78 is 13.3. The van der Waals surface area contributed by atoms with Gasteiger partial charge in [-0.25, -0.2) is 0 Å². The van der Waals surface area contributed by atoms with Crippen molar-refractivity contribution in [3.05, 3.63) is 39.3 Å². The van der Waals surface area contributed by atoms with Gasteiger partial charge in [0.15, 0.2) is 0 Å². The molecule has 0 aromatic heterocycles. The third-order valence-electron chi connectivity index (χ3n) is 4.32. The van der Waals surface area contributed by atoms with Crippen molar-refractivity contribution in [2.45, 2.75) is 45.8 Å². The number of rotatable bonds is 3. The van der Waals surface area contributed by atoms with Crippen molar-refractivity contribution in [1.29, 1.82) is 0 Å². The number of hydrogen-bond acceptors (Lipinski definition) is 3. The van der Waals surface area contributed by atoms with E-state index in [1.54, 1.807) is 0 Å². The van der Waals surface area contributed by atoms with E-state index >= 15 is 0 Å². The Morgan fingerprint density at radius 3 is 2.33 bits per heavy atom. The normalized spacial score (nSPS) is 20.9. The number of hydrogen-bond donors (Lipinski definition) is 1. The molecular formula is C16H22BBrO2S. The van der Waals surface area contributed by atoms with Gasteiger partial charge in [-0.1, -0.05) is 28.1 Å². The van der Waals surface area contributed by atoms with Crippen LogP contribution in [0.1, 0.15) is 38.8 Å². The van der Waals surface area contributed by atoms with Gasteiger partial charge in [0.2, 0.25) is 0 Å². The molecule has 2 rings (SSSR count). The Balaban J connectivity index is 2.33. The standard InChI is InChI=1S/C16H22BBrO2S/c1-11-6-7-14(18)9-12(11)8-13(10-21)17-19-15(2,3)16(4,5)20-17/h6-9,21H,10H2,1-5H3. The predicted molar refractivity (Wildman–Crippen MR) is 96.8 cm³/mol. The molecule has 0 unspecified atom stereocenters. The summed E-state index contributed by atoms with van der Waals surface area (Å²) in [6, 6.07) is 6.24. The van der Waals surface area contributed by atoms with Crippen LogP contribution in [0.5, 0.6) is 0 Å². The molecule has 114 valence electrons. The highest BCUT2D eigenvalue weighted by Crippen LogP contribution is 2.39. The van der Waals surface area contributed by atoms with E-state index in [4.69, 9.17) is 9.31 Å². The molecule has 1 aromatic carbocycles. The van der Waals surface area contributed by atoms with E-state index in [0.29, 0.717) is 5.75 Å². The lowest BCUT2D eigenvalue weighted by Crippen LogP contribution is -2.41. The van der Waals surface area contributed by atoms with Crippen LogP contribution in [-0.4, -0.2) is 24.1 Å². The van der Waals surface area contributed by atoms with Crippen LogP contribution in [0.25, 0.3) is 6.08 Å². The van der Waals surface area contributed by atoms with Gasteiger partial charge in [-0.2, -0.15) is 12.6 Å². The van der Waals surface area contributed by atoms with Gasteiger partial charge in [-0.15, -0.1) is 0 Å². The van der Waals surface area contributed by atoms with Gasteiger partial charge in [-0.3, -0.25) is 0 Å². The maximum Gasteiger partial charge on any atom is 0.491 e. The summed E-state index contributed by atoms with van der Waals surface area (Å²) in [4.78, 5) is 0. The van der Waals surface area contributed by atoms with Crippen LogP contribution in [0.3, 0.4) is 0 Å². The van der Waals surface area contributed by atoms with Crippen molar-refractivity contribution in [3.8, 4) is 0 Å². The van der Waals surface area contributed by atoms with Crippen molar-refractivity contribution in [2.24, 2.45) is 0 Å². The first kappa shape index (κ1) is 17.1. The molecule has 0 spiro atoms. The second-order valence-electron chi connectivity index (χ2n) is 6.47. The van der Waals surface area contributed by atoms with Crippen molar-refractivity contribution < 1.29 is 9.31 Å². The van der Waals surface area contributed by atoms with Crippen LogP contribution in [-0.2, 0) is 9.31 Å². The quantitative estimate of drug-likeness (QED) is 0.615. The molecule has 0 amide bonds. The summed E-state index contributed by atoms with van der Waals surface area (Å²) in [7, 11) is -0.342. The Bertz CT molecular complexity index is 553. The zero-order valence-corrected chi connectivity index (χ0v) is 15.7. The molecule has 1 aliphatic heterocycles. The molecule has 1 saturated heterocycles. The molecule has 0 aliphatic carbocycles. The first-order valence-corrected chi connectivity index (χ1v) is 8.52. The van der Waals surface area contributed by atoms with E-state index in [2.05, 4.69) is 81.4 Å². The van der Waals surface area contributed by atoms with Gasteiger partial charge in [0.25, 0.3) is 0 Å². The van der Waals surface area contributed by atoms with Gasteiger partial charge in [0, 0.05) is 10.2 Å². The first-order valence-electron chi connectivity index (χ1n) is 7.09. The van der Waals surface area contributed by atoms with Gasteiger partial charge in [0.05, 0.1) is 11.2 Å². The summed E-state index contributed by atoms with van der Waals surface area (Å²) in [6.45, 7) is 10.3. The average molecular weight is 369 g/mol. The Morgan fingerprint density at radius 1 is 1.24 bits per heavy atom. The number of aryl methyl sites for hydroxylation is 1. The van der Waals surface area contributed by atoms with E-state index in [0.717, 1.165) is 15.5 Å². The molecule has 0 N–H and O–H groups in total. The zero-order valence-electron chi connectivity index (χ0n) is 13.2. The molecule has 2 nitrogen and oxygen atoms in total. The molecule has 1 heterocycles. The monoisotopic (exact) mass is 368 g/mol. The van der Waals surface area contributed by atoms with Gasteiger partial charge < -0.3 is 9.31 Å². The molecule has 0 radical (unpaired) electrons. The predicted octanol–water partition coefficient (Wildman–Crippen LogP) is 4.70. The number of thiol groups is 1. The highest BCUT2D eigenvalue weighted by atomic mass is 79.9. The van der Waals surface area contributed by atoms with Crippen molar-refractivity contribution in [3.63, 3.8) is 0 Å². The Labute approximate surface area is 142 Å². The Morgan fingerprint density at radius 2 is 1.81 bits per heavy atom. The Kier molecular flexibility index (Phi) is 4.99.